The van der Waals surface area contributed by atoms with Crippen LogP contribution in [0, 0.1) is 10.1 Å². The maximum absolute atomic E-state index is 12.6. The van der Waals surface area contributed by atoms with Crippen LogP contribution in [0.4, 0.5) is 11.4 Å². The van der Waals surface area contributed by atoms with Gasteiger partial charge in [0.2, 0.25) is 0 Å². The number of nitrogens with zero attached hydrogens (tertiary/aromatic N) is 1. The van der Waals surface area contributed by atoms with Crippen molar-refractivity contribution in [3.63, 3.8) is 0 Å². The fourth-order valence-electron chi connectivity index (χ4n) is 2.64. The van der Waals surface area contributed by atoms with E-state index in [2.05, 4.69) is 4.72 Å². The van der Waals surface area contributed by atoms with Crippen molar-refractivity contribution >= 4 is 32.2 Å². The molecule has 0 amide bonds. The molecule has 25 heavy (non-hydrogen) atoms. The summed E-state index contributed by atoms with van der Waals surface area (Å²) in [6.45, 7) is 1.81. The van der Waals surface area contributed by atoms with Gasteiger partial charge >= 0.3 is 0 Å². The second-order valence-electron chi connectivity index (χ2n) is 5.57. The lowest BCUT2D eigenvalue weighted by Crippen LogP contribution is -2.13. The Balaban J connectivity index is 1.97. The predicted molar refractivity (Wildman–Crippen MR) is 97.2 cm³/mol. The highest BCUT2D eigenvalue weighted by atomic mass is 32.2. The molecular weight excluding hydrogens is 340 g/mol. The summed E-state index contributed by atoms with van der Waals surface area (Å²) in [5.41, 5.74) is 0.622. The molecule has 0 aromatic heterocycles. The average Bonchev–Trinajstić information content (AvgIpc) is 2.60. The Morgan fingerprint density at radius 1 is 1.00 bits per heavy atom. The Kier molecular flexibility index (Phi) is 4.41. The van der Waals surface area contributed by atoms with Gasteiger partial charge in [0.25, 0.3) is 15.7 Å². The molecule has 6 nitrogen and oxygen atoms in total. The Hall–Kier alpha value is -2.93. The van der Waals surface area contributed by atoms with Crippen LogP contribution in [-0.2, 0) is 16.4 Å². The molecule has 3 aromatic rings. The third-order valence-electron chi connectivity index (χ3n) is 3.95. The van der Waals surface area contributed by atoms with Crippen molar-refractivity contribution in [3.8, 4) is 0 Å². The molecule has 3 aromatic carbocycles. The molecule has 0 aliphatic carbocycles. The van der Waals surface area contributed by atoms with Crippen LogP contribution < -0.4 is 4.72 Å². The zero-order valence-corrected chi connectivity index (χ0v) is 14.3. The summed E-state index contributed by atoms with van der Waals surface area (Å²) in [6, 6.07) is 16.6. The lowest BCUT2D eigenvalue weighted by atomic mass is 10.1. The largest absolute Gasteiger partial charge is 0.279 e. The topological polar surface area (TPSA) is 89.3 Å². The number of nitrogens with one attached hydrogen (secondary N) is 1. The first kappa shape index (κ1) is 16.9. The molecule has 0 spiro atoms. The van der Waals surface area contributed by atoms with Gasteiger partial charge in [0.05, 0.1) is 15.5 Å². The highest BCUT2D eigenvalue weighted by molar-refractivity contribution is 7.92. The van der Waals surface area contributed by atoms with Gasteiger partial charge in [0.1, 0.15) is 0 Å². The van der Waals surface area contributed by atoms with E-state index in [0.717, 1.165) is 10.8 Å². The summed E-state index contributed by atoms with van der Waals surface area (Å²) in [6.07, 6.45) is 0.494. The third-order valence-corrected chi connectivity index (χ3v) is 5.33. The predicted octanol–water partition coefficient (Wildman–Crippen LogP) is 4.11. The van der Waals surface area contributed by atoms with E-state index in [9.17, 15) is 18.5 Å². The Bertz CT molecular complexity index is 1060. The van der Waals surface area contributed by atoms with Gasteiger partial charge in [0, 0.05) is 11.6 Å². The van der Waals surface area contributed by atoms with E-state index < -0.39 is 14.9 Å². The number of fused-ring (bicyclic) bond motifs is 1. The fraction of sp³-hybridized carbons (Fsp3) is 0.111. The SMILES string of the molecule is CCc1ccc(NS(=O)(=O)c2ccc3ccccc3c2)cc1[N+](=O)[O-]. The van der Waals surface area contributed by atoms with Crippen LogP contribution in [-0.4, -0.2) is 13.3 Å². The minimum absolute atomic E-state index is 0.0961. The Morgan fingerprint density at radius 2 is 1.72 bits per heavy atom. The summed E-state index contributed by atoms with van der Waals surface area (Å²) in [7, 11) is -3.84. The third kappa shape index (κ3) is 3.46. The van der Waals surface area contributed by atoms with Crippen molar-refractivity contribution in [2.24, 2.45) is 0 Å². The number of sulfonamides is 1. The maximum atomic E-state index is 12.6. The molecule has 0 aliphatic rings. The molecule has 0 saturated heterocycles. The molecule has 128 valence electrons. The zero-order valence-electron chi connectivity index (χ0n) is 13.5. The number of anilines is 1. The van der Waals surface area contributed by atoms with Gasteiger partial charge in [-0.15, -0.1) is 0 Å². The second kappa shape index (κ2) is 6.52. The molecule has 7 heteroatoms. The fourth-order valence-corrected chi connectivity index (χ4v) is 3.73. The van der Waals surface area contributed by atoms with Crippen LogP contribution in [0.15, 0.2) is 65.6 Å². The van der Waals surface area contributed by atoms with E-state index in [1.807, 2.05) is 24.3 Å². The summed E-state index contributed by atoms with van der Waals surface area (Å²) in [5, 5.41) is 12.9. The standard InChI is InChI=1S/C18H16N2O4S/c1-2-13-7-9-16(12-18(13)20(21)22)19-25(23,24)17-10-8-14-5-3-4-6-15(14)11-17/h3-12,19H,2H2,1H3. The molecule has 0 fully saturated rings. The number of hydrogen-bond donors (Lipinski definition) is 1. The Labute approximate surface area is 145 Å². The number of hydrogen-bond acceptors (Lipinski definition) is 4. The smallest absolute Gasteiger partial charge is 0.274 e. The van der Waals surface area contributed by atoms with Gasteiger partial charge in [-0.2, -0.15) is 0 Å². The van der Waals surface area contributed by atoms with Crippen LogP contribution in [0.2, 0.25) is 0 Å². The molecule has 0 aliphatic heterocycles. The monoisotopic (exact) mass is 356 g/mol. The van der Waals surface area contributed by atoms with Crippen LogP contribution in [0.5, 0.6) is 0 Å². The van der Waals surface area contributed by atoms with Gasteiger partial charge in [-0.25, -0.2) is 8.42 Å². The summed E-state index contributed by atoms with van der Waals surface area (Å²) in [4.78, 5) is 10.7. The van der Waals surface area contributed by atoms with E-state index in [4.69, 9.17) is 0 Å². The van der Waals surface area contributed by atoms with Gasteiger partial charge < -0.3 is 0 Å². The van der Waals surface area contributed by atoms with Crippen LogP contribution in [0.3, 0.4) is 0 Å². The average molecular weight is 356 g/mol. The van der Waals surface area contributed by atoms with Gasteiger partial charge in [-0.1, -0.05) is 43.3 Å². The molecule has 1 N–H and O–H groups in total. The summed E-state index contributed by atoms with van der Waals surface area (Å²) in [5.74, 6) is 0. The van der Waals surface area contributed by atoms with Crippen LogP contribution in [0.25, 0.3) is 10.8 Å². The van der Waals surface area contributed by atoms with Gasteiger partial charge in [-0.05, 0) is 35.4 Å². The minimum Gasteiger partial charge on any atom is -0.279 e. The lowest BCUT2D eigenvalue weighted by Gasteiger charge is -2.10. The van der Waals surface area contributed by atoms with Gasteiger partial charge in [-0.3, -0.25) is 14.8 Å². The molecule has 0 atom stereocenters. The van der Waals surface area contributed by atoms with Crippen LogP contribution >= 0.6 is 0 Å². The first-order valence-corrected chi connectivity index (χ1v) is 9.18. The number of aryl methyl sites for hydroxylation is 1. The summed E-state index contributed by atoms with van der Waals surface area (Å²) < 4.78 is 27.6. The first-order valence-electron chi connectivity index (χ1n) is 7.69. The van der Waals surface area contributed by atoms with Crippen LogP contribution in [0.1, 0.15) is 12.5 Å². The minimum atomic E-state index is -3.84. The van der Waals surface area contributed by atoms with Crippen molar-refractivity contribution < 1.29 is 13.3 Å². The molecule has 0 heterocycles. The van der Waals surface area contributed by atoms with Crippen molar-refractivity contribution in [3.05, 3.63) is 76.3 Å². The molecule has 0 saturated carbocycles. The van der Waals surface area contributed by atoms with Crippen molar-refractivity contribution in [2.45, 2.75) is 18.2 Å². The van der Waals surface area contributed by atoms with E-state index in [-0.39, 0.29) is 16.3 Å². The van der Waals surface area contributed by atoms with E-state index >= 15 is 0 Å². The van der Waals surface area contributed by atoms with Crippen molar-refractivity contribution in [1.82, 2.24) is 0 Å². The number of nitro groups is 1. The summed E-state index contributed by atoms with van der Waals surface area (Å²) >= 11 is 0. The lowest BCUT2D eigenvalue weighted by molar-refractivity contribution is -0.385. The van der Waals surface area contributed by atoms with E-state index in [0.29, 0.717) is 12.0 Å². The molecule has 3 rings (SSSR count). The van der Waals surface area contributed by atoms with Crippen molar-refractivity contribution in [1.29, 1.82) is 0 Å². The first-order chi connectivity index (χ1) is 11.9. The van der Waals surface area contributed by atoms with Crippen molar-refractivity contribution in [2.75, 3.05) is 4.72 Å². The number of nitro benzene ring substituents is 1. The van der Waals surface area contributed by atoms with Gasteiger partial charge in [0.15, 0.2) is 0 Å². The molecular formula is C18H16N2O4S. The van der Waals surface area contributed by atoms with E-state index in [1.54, 1.807) is 25.1 Å². The molecule has 0 unspecified atom stereocenters. The highest BCUT2D eigenvalue weighted by Crippen LogP contribution is 2.26. The van der Waals surface area contributed by atoms with E-state index in [1.165, 1.54) is 18.2 Å². The highest BCUT2D eigenvalue weighted by Gasteiger charge is 2.18. The quantitative estimate of drug-likeness (QED) is 0.550. The number of rotatable bonds is 5. The molecule has 0 radical (unpaired) electrons. The normalized spacial score (nSPS) is 11.4. The molecule has 0 bridgehead atoms. The zero-order chi connectivity index (χ0) is 18.0. The second-order valence-corrected chi connectivity index (χ2v) is 7.25. The maximum Gasteiger partial charge on any atom is 0.274 e. The Morgan fingerprint density at radius 3 is 2.40 bits per heavy atom. The number of benzene rings is 3.